The van der Waals surface area contributed by atoms with Crippen LogP contribution in [0.5, 0.6) is 0 Å². The quantitative estimate of drug-likeness (QED) is 0.634. The highest BCUT2D eigenvalue weighted by Crippen LogP contribution is 2.52. The minimum absolute atomic E-state index is 0.165. The summed E-state index contributed by atoms with van der Waals surface area (Å²) >= 11 is 0. The molecular weight excluding hydrogens is 184 g/mol. The second kappa shape index (κ2) is 3.55. The SMILES string of the molecule is CC(=O)[C@@]1(C)C[C@@H]1C#Cc1ccccc1. The third kappa shape index (κ3) is 1.94. The standard InChI is InChI=1S/C14H14O/c1-11(15)14(2)10-13(14)9-8-12-6-4-3-5-7-12/h3-7,13H,10H2,1-2H3/t13-,14+/m0/s1. The van der Waals surface area contributed by atoms with Crippen LogP contribution in [-0.4, -0.2) is 5.78 Å². The molecule has 0 aromatic heterocycles. The number of rotatable bonds is 1. The first-order valence-corrected chi connectivity index (χ1v) is 5.20. The topological polar surface area (TPSA) is 17.1 Å². The first-order chi connectivity index (χ1) is 7.13. The Labute approximate surface area is 90.5 Å². The zero-order valence-electron chi connectivity index (χ0n) is 9.08. The van der Waals surface area contributed by atoms with E-state index in [1.165, 1.54) is 0 Å². The molecule has 2 atom stereocenters. The van der Waals surface area contributed by atoms with Crippen molar-refractivity contribution < 1.29 is 4.79 Å². The zero-order chi connectivity index (χ0) is 10.9. The molecule has 1 aliphatic carbocycles. The van der Waals surface area contributed by atoms with E-state index in [-0.39, 0.29) is 17.1 Å². The normalized spacial score (nSPS) is 27.7. The maximum absolute atomic E-state index is 11.3. The van der Waals surface area contributed by atoms with E-state index in [9.17, 15) is 4.79 Å². The Morgan fingerprint density at radius 2 is 2.07 bits per heavy atom. The van der Waals surface area contributed by atoms with E-state index in [0.717, 1.165) is 12.0 Å². The summed E-state index contributed by atoms with van der Waals surface area (Å²) in [5.74, 6) is 6.81. The van der Waals surface area contributed by atoms with E-state index in [0.29, 0.717) is 0 Å². The molecule has 0 heterocycles. The predicted molar refractivity (Wildman–Crippen MR) is 60.2 cm³/mol. The van der Waals surface area contributed by atoms with E-state index in [1.54, 1.807) is 6.92 Å². The number of carbonyl (C=O) groups is 1. The van der Waals surface area contributed by atoms with Crippen LogP contribution < -0.4 is 0 Å². The first-order valence-electron chi connectivity index (χ1n) is 5.20. The Morgan fingerprint density at radius 3 is 2.60 bits per heavy atom. The van der Waals surface area contributed by atoms with Crippen molar-refractivity contribution in [3.8, 4) is 11.8 Å². The fraction of sp³-hybridized carbons (Fsp3) is 0.357. The van der Waals surface area contributed by atoms with Gasteiger partial charge < -0.3 is 0 Å². The molecule has 0 N–H and O–H groups in total. The lowest BCUT2D eigenvalue weighted by Crippen LogP contribution is -2.08. The van der Waals surface area contributed by atoms with Crippen LogP contribution in [0.15, 0.2) is 30.3 Å². The lowest BCUT2D eigenvalue weighted by molar-refractivity contribution is -0.121. The van der Waals surface area contributed by atoms with Crippen molar-refractivity contribution >= 4 is 5.78 Å². The third-order valence-corrected chi connectivity index (χ3v) is 3.21. The molecule has 2 rings (SSSR count). The molecule has 0 aliphatic heterocycles. The molecule has 1 aromatic carbocycles. The number of hydrogen-bond acceptors (Lipinski definition) is 1. The highest BCUT2D eigenvalue weighted by Gasteiger charge is 2.53. The van der Waals surface area contributed by atoms with Crippen LogP contribution in [-0.2, 0) is 4.79 Å². The van der Waals surface area contributed by atoms with Gasteiger partial charge in [-0.25, -0.2) is 0 Å². The van der Waals surface area contributed by atoms with Gasteiger partial charge in [0, 0.05) is 16.9 Å². The molecule has 76 valence electrons. The molecule has 0 unspecified atom stereocenters. The minimum atomic E-state index is -0.165. The summed E-state index contributed by atoms with van der Waals surface area (Å²) in [6, 6.07) is 9.89. The maximum Gasteiger partial charge on any atom is 0.136 e. The van der Waals surface area contributed by atoms with Gasteiger partial charge in [-0.3, -0.25) is 4.79 Å². The molecule has 0 bridgehead atoms. The molecular formula is C14H14O. The molecule has 0 saturated heterocycles. The van der Waals surface area contributed by atoms with Gasteiger partial charge in [-0.2, -0.15) is 0 Å². The van der Waals surface area contributed by atoms with Crippen LogP contribution in [0, 0.1) is 23.2 Å². The lowest BCUT2D eigenvalue weighted by Gasteiger charge is -2.00. The molecule has 1 nitrogen and oxygen atoms in total. The van der Waals surface area contributed by atoms with Crippen LogP contribution in [0.2, 0.25) is 0 Å². The first kappa shape index (κ1) is 9.98. The highest BCUT2D eigenvalue weighted by molar-refractivity contribution is 5.86. The van der Waals surface area contributed by atoms with Crippen molar-refractivity contribution in [1.29, 1.82) is 0 Å². The second-order valence-corrected chi connectivity index (χ2v) is 4.37. The largest absolute Gasteiger partial charge is 0.299 e. The van der Waals surface area contributed by atoms with Gasteiger partial charge in [-0.15, -0.1) is 0 Å². The number of carbonyl (C=O) groups excluding carboxylic acids is 1. The smallest absolute Gasteiger partial charge is 0.136 e. The predicted octanol–water partition coefficient (Wildman–Crippen LogP) is 2.65. The van der Waals surface area contributed by atoms with Gasteiger partial charge in [0.15, 0.2) is 0 Å². The van der Waals surface area contributed by atoms with Crippen molar-refractivity contribution in [2.45, 2.75) is 20.3 Å². The van der Waals surface area contributed by atoms with Crippen LogP contribution in [0.1, 0.15) is 25.8 Å². The summed E-state index contributed by atoms with van der Waals surface area (Å²) in [6.07, 6.45) is 0.919. The van der Waals surface area contributed by atoms with Crippen LogP contribution in [0.25, 0.3) is 0 Å². The Hall–Kier alpha value is -1.55. The van der Waals surface area contributed by atoms with Gasteiger partial charge in [0.25, 0.3) is 0 Å². The summed E-state index contributed by atoms with van der Waals surface area (Å²) < 4.78 is 0. The average Bonchev–Trinajstić information content (AvgIpc) is 2.90. The Morgan fingerprint density at radius 1 is 1.40 bits per heavy atom. The Bertz CT molecular complexity index is 435. The Balaban J connectivity index is 2.07. The molecule has 1 heteroatoms. The molecule has 0 radical (unpaired) electrons. The summed E-state index contributed by atoms with van der Waals surface area (Å²) in [6.45, 7) is 3.66. The highest BCUT2D eigenvalue weighted by atomic mass is 16.1. The van der Waals surface area contributed by atoms with E-state index in [2.05, 4.69) is 11.8 Å². The summed E-state index contributed by atoms with van der Waals surface area (Å²) in [5.41, 5.74) is 0.859. The molecule has 0 spiro atoms. The van der Waals surface area contributed by atoms with Gasteiger partial charge in [0.1, 0.15) is 5.78 Å². The van der Waals surface area contributed by atoms with E-state index in [4.69, 9.17) is 0 Å². The van der Waals surface area contributed by atoms with Crippen molar-refractivity contribution in [2.24, 2.45) is 11.3 Å². The number of hydrogen-bond donors (Lipinski definition) is 0. The lowest BCUT2D eigenvalue weighted by atomic mass is 10.0. The van der Waals surface area contributed by atoms with Gasteiger partial charge in [-0.05, 0) is 25.5 Å². The Kier molecular flexibility index (Phi) is 2.36. The minimum Gasteiger partial charge on any atom is -0.299 e. The monoisotopic (exact) mass is 198 g/mol. The van der Waals surface area contributed by atoms with Crippen molar-refractivity contribution in [1.82, 2.24) is 0 Å². The summed E-state index contributed by atoms with van der Waals surface area (Å²) in [7, 11) is 0. The fourth-order valence-electron chi connectivity index (χ4n) is 1.66. The van der Waals surface area contributed by atoms with Crippen LogP contribution in [0.4, 0.5) is 0 Å². The summed E-state index contributed by atoms with van der Waals surface area (Å²) in [5, 5.41) is 0. The summed E-state index contributed by atoms with van der Waals surface area (Å²) in [4.78, 5) is 11.3. The molecule has 1 aromatic rings. The number of ketones is 1. The number of Topliss-reactive ketones (excluding diaryl/α,β-unsaturated/α-hetero) is 1. The fourth-order valence-corrected chi connectivity index (χ4v) is 1.66. The van der Waals surface area contributed by atoms with Gasteiger partial charge in [-0.1, -0.05) is 37.0 Å². The van der Waals surface area contributed by atoms with Crippen molar-refractivity contribution in [2.75, 3.05) is 0 Å². The van der Waals surface area contributed by atoms with Gasteiger partial charge >= 0.3 is 0 Å². The molecule has 1 fully saturated rings. The average molecular weight is 198 g/mol. The van der Waals surface area contributed by atoms with E-state index < -0.39 is 0 Å². The zero-order valence-corrected chi connectivity index (χ0v) is 9.08. The molecule has 1 aliphatic rings. The van der Waals surface area contributed by atoms with Gasteiger partial charge in [0.05, 0.1) is 0 Å². The number of benzene rings is 1. The molecule has 1 saturated carbocycles. The molecule has 0 amide bonds. The maximum atomic E-state index is 11.3. The van der Waals surface area contributed by atoms with Crippen LogP contribution >= 0.6 is 0 Å². The van der Waals surface area contributed by atoms with E-state index >= 15 is 0 Å². The third-order valence-electron chi connectivity index (χ3n) is 3.21. The van der Waals surface area contributed by atoms with E-state index in [1.807, 2.05) is 37.3 Å². The van der Waals surface area contributed by atoms with Crippen LogP contribution in [0.3, 0.4) is 0 Å². The van der Waals surface area contributed by atoms with Gasteiger partial charge in [0.2, 0.25) is 0 Å². The molecule has 15 heavy (non-hydrogen) atoms. The van der Waals surface area contributed by atoms with Crippen molar-refractivity contribution in [3.05, 3.63) is 35.9 Å². The van der Waals surface area contributed by atoms with Crippen molar-refractivity contribution in [3.63, 3.8) is 0 Å². The second-order valence-electron chi connectivity index (χ2n) is 4.37.